The van der Waals surface area contributed by atoms with Gasteiger partial charge in [-0.15, -0.1) is 0 Å². The minimum Gasteiger partial charge on any atom is -0.496 e. The molecule has 2 aromatic carbocycles. The maximum absolute atomic E-state index is 6.06. The molecule has 0 aliphatic heterocycles. The van der Waals surface area contributed by atoms with Gasteiger partial charge in [-0.1, -0.05) is 34.8 Å². The fourth-order valence-corrected chi connectivity index (χ4v) is 2.60. The van der Waals surface area contributed by atoms with E-state index in [4.69, 9.17) is 45.3 Å². The van der Waals surface area contributed by atoms with Crippen LogP contribution < -0.4 is 15.8 Å². The summed E-state index contributed by atoms with van der Waals surface area (Å²) in [5.74, 6) is 1.20. The molecule has 3 rings (SSSR count). The van der Waals surface area contributed by atoms with Gasteiger partial charge in [-0.25, -0.2) is 0 Å². The lowest BCUT2D eigenvalue weighted by atomic mass is 10.2. The molecule has 0 aliphatic rings. The number of aromatic nitrogens is 3. The molecule has 128 valence electrons. The Balaban J connectivity index is 2.01. The van der Waals surface area contributed by atoms with Gasteiger partial charge in [0.1, 0.15) is 5.75 Å². The predicted octanol–water partition coefficient (Wildman–Crippen LogP) is 4.83. The van der Waals surface area contributed by atoms with Gasteiger partial charge in [0, 0.05) is 10.7 Å². The van der Waals surface area contributed by atoms with Crippen LogP contribution in [0.25, 0.3) is 11.4 Å². The quantitative estimate of drug-likeness (QED) is 0.656. The summed E-state index contributed by atoms with van der Waals surface area (Å²) >= 11 is 18.0. The molecular weight excluding hydrogens is 385 g/mol. The van der Waals surface area contributed by atoms with Crippen LogP contribution in [0.4, 0.5) is 17.6 Å². The predicted molar refractivity (Wildman–Crippen MR) is 101 cm³/mol. The number of ether oxygens (including phenoxy) is 1. The van der Waals surface area contributed by atoms with E-state index in [0.717, 1.165) is 0 Å². The van der Waals surface area contributed by atoms with Crippen molar-refractivity contribution in [3.8, 4) is 17.1 Å². The van der Waals surface area contributed by atoms with Crippen LogP contribution >= 0.6 is 34.8 Å². The van der Waals surface area contributed by atoms with E-state index in [1.165, 1.54) is 0 Å². The van der Waals surface area contributed by atoms with Crippen LogP contribution in [0.1, 0.15) is 0 Å². The standard InChI is InChI=1S/C16H12Cl3N5O/c1-25-13-5-2-8(17)6-10(13)14-22-15(20)24-16(23-14)21-9-3-4-11(18)12(19)7-9/h2-7H,1H3,(H3,20,21,22,23,24). The molecule has 1 heterocycles. The summed E-state index contributed by atoms with van der Waals surface area (Å²) in [6.45, 7) is 0. The molecule has 0 bridgehead atoms. The summed E-state index contributed by atoms with van der Waals surface area (Å²) in [5, 5.41) is 4.40. The first-order valence-electron chi connectivity index (χ1n) is 7.04. The van der Waals surface area contributed by atoms with Crippen molar-refractivity contribution in [3.63, 3.8) is 0 Å². The highest BCUT2D eigenvalue weighted by molar-refractivity contribution is 6.42. The SMILES string of the molecule is COc1ccc(Cl)cc1-c1nc(N)nc(Nc2ccc(Cl)c(Cl)c2)n1. The molecule has 0 saturated carbocycles. The lowest BCUT2D eigenvalue weighted by Gasteiger charge is -2.11. The average Bonchev–Trinajstić information content (AvgIpc) is 2.57. The molecular formula is C16H12Cl3N5O. The van der Waals surface area contributed by atoms with Crippen LogP contribution in [0, 0.1) is 0 Å². The first kappa shape index (κ1) is 17.5. The molecule has 0 radical (unpaired) electrons. The van der Waals surface area contributed by atoms with Crippen molar-refractivity contribution < 1.29 is 4.74 Å². The molecule has 0 atom stereocenters. The van der Waals surface area contributed by atoms with E-state index < -0.39 is 0 Å². The third-order valence-corrected chi connectivity index (χ3v) is 4.21. The highest BCUT2D eigenvalue weighted by Gasteiger charge is 2.13. The Hall–Kier alpha value is -2.28. The molecule has 1 aromatic heterocycles. The van der Waals surface area contributed by atoms with Gasteiger partial charge in [-0.05, 0) is 36.4 Å². The normalized spacial score (nSPS) is 10.6. The maximum Gasteiger partial charge on any atom is 0.232 e. The van der Waals surface area contributed by atoms with Gasteiger partial charge >= 0.3 is 0 Å². The van der Waals surface area contributed by atoms with Crippen molar-refractivity contribution in [3.05, 3.63) is 51.5 Å². The number of benzene rings is 2. The summed E-state index contributed by atoms with van der Waals surface area (Å²) < 4.78 is 5.33. The highest BCUT2D eigenvalue weighted by atomic mass is 35.5. The van der Waals surface area contributed by atoms with E-state index in [1.54, 1.807) is 43.5 Å². The van der Waals surface area contributed by atoms with E-state index in [2.05, 4.69) is 20.3 Å². The van der Waals surface area contributed by atoms with E-state index in [0.29, 0.717) is 37.9 Å². The van der Waals surface area contributed by atoms with Gasteiger partial charge in [0.05, 0.1) is 22.7 Å². The van der Waals surface area contributed by atoms with E-state index in [1.807, 2.05) is 0 Å². The van der Waals surface area contributed by atoms with Crippen LogP contribution in [-0.4, -0.2) is 22.1 Å². The van der Waals surface area contributed by atoms with Crippen molar-refractivity contribution in [1.29, 1.82) is 0 Å². The topological polar surface area (TPSA) is 86.0 Å². The number of anilines is 3. The Morgan fingerprint density at radius 2 is 1.76 bits per heavy atom. The van der Waals surface area contributed by atoms with Gasteiger partial charge in [0.25, 0.3) is 0 Å². The number of methoxy groups -OCH3 is 1. The van der Waals surface area contributed by atoms with Crippen LogP contribution in [-0.2, 0) is 0 Å². The zero-order chi connectivity index (χ0) is 18.0. The van der Waals surface area contributed by atoms with Crippen molar-refractivity contribution in [2.24, 2.45) is 0 Å². The van der Waals surface area contributed by atoms with Crippen LogP contribution in [0.15, 0.2) is 36.4 Å². The Morgan fingerprint density at radius 1 is 0.960 bits per heavy atom. The van der Waals surface area contributed by atoms with Crippen molar-refractivity contribution >= 4 is 52.4 Å². The first-order chi connectivity index (χ1) is 12.0. The summed E-state index contributed by atoms with van der Waals surface area (Å²) in [4.78, 5) is 12.6. The molecule has 0 unspecified atom stereocenters. The van der Waals surface area contributed by atoms with Crippen LogP contribution in [0.2, 0.25) is 15.1 Å². The number of halogens is 3. The van der Waals surface area contributed by atoms with E-state index in [9.17, 15) is 0 Å². The lowest BCUT2D eigenvalue weighted by molar-refractivity contribution is 0.416. The van der Waals surface area contributed by atoms with Crippen molar-refractivity contribution in [1.82, 2.24) is 15.0 Å². The minimum atomic E-state index is 0.0505. The monoisotopic (exact) mass is 395 g/mol. The van der Waals surface area contributed by atoms with E-state index >= 15 is 0 Å². The maximum atomic E-state index is 6.06. The van der Waals surface area contributed by atoms with Crippen molar-refractivity contribution in [2.75, 3.05) is 18.2 Å². The number of nitrogens with one attached hydrogen (secondary N) is 1. The summed E-state index contributed by atoms with van der Waals surface area (Å²) in [5.41, 5.74) is 7.07. The minimum absolute atomic E-state index is 0.0505. The molecule has 9 heteroatoms. The summed E-state index contributed by atoms with van der Waals surface area (Å²) in [7, 11) is 1.55. The zero-order valence-electron chi connectivity index (χ0n) is 12.9. The van der Waals surface area contributed by atoms with E-state index in [-0.39, 0.29) is 11.9 Å². The van der Waals surface area contributed by atoms with Crippen molar-refractivity contribution in [2.45, 2.75) is 0 Å². The second-order valence-electron chi connectivity index (χ2n) is 4.94. The number of rotatable bonds is 4. The van der Waals surface area contributed by atoms with Gasteiger partial charge in [0.2, 0.25) is 11.9 Å². The van der Waals surface area contributed by atoms with Gasteiger partial charge in [0.15, 0.2) is 5.82 Å². The molecule has 0 aliphatic carbocycles. The fraction of sp³-hybridized carbons (Fsp3) is 0.0625. The Bertz CT molecular complexity index is 936. The second kappa shape index (κ2) is 7.31. The smallest absolute Gasteiger partial charge is 0.232 e. The Kier molecular flexibility index (Phi) is 5.13. The zero-order valence-corrected chi connectivity index (χ0v) is 15.2. The number of hydrogen-bond acceptors (Lipinski definition) is 6. The van der Waals surface area contributed by atoms with Crippen LogP contribution in [0.5, 0.6) is 5.75 Å². The molecule has 0 spiro atoms. The molecule has 3 aromatic rings. The first-order valence-corrected chi connectivity index (χ1v) is 8.17. The molecule has 0 fully saturated rings. The largest absolute Gasteiger partial charge is 0.496 e. The van der Waals surface area contributed by atoms with Crippen LogP contribution in [0.3, 0.4) is 0 Å². The Morgan fingerprint density at radius 3 is 2.48 bits per heavy atom. The molecule has 0 saturated heterocycles. The number of nitrogens with two attached hydrogens (primary N) is 1. The third kappa shape index (κ3) is 4.04. The fourth-order valence-electron chi connectivity index (χ4n) is 2.13. The number of nitrogens with zero attached hydrogens (tertiary/aromatic N) is 3. The summed E-state index contributed by atoms with van der Waals surface area (Å²) in [6, 6.07) is 10.2. The molecule has 3 N–H and O–H groups in total. The second-order valence-corrected chi connectivity index (χ2v) is 6.19. The summed E-state index contributed by atoms with van der Waals surface area (Å²) in [6.07, 6.45) is 0. The van der Waals surface area contributed by atoms with Gasteiger partial charge in [-0.3, -0.25) is 0 Å². The Labute approximate surface area is 158 Å². The molecule has 0 amide bonds. The van der Waals surface area contributed by atoms with Gasteiger partial charge < -0.3 is 15.8 Å². The number of hydrogen-bond donors (Lipinski definition) is 2. The number of nitrogen functional groups attached to an aromatic ring is 1. The van der Waals surface area contributed by atoms with Gasteiger partial charge in [-0.2, -0.15) is 15.0 Å². The third-order valence-electron chi connectivity index (χ3n) is 3.23. The molecule has 25 heavy (non-hydrogen) atoms. The highest BCUT2D eigenvalue weighted by Crippen LogP contribution is 2.31. The lowest BCUT2D eigenvalue weighted by Crippen LogP contribution is -2.05. The molecule has 6 nitrogen and oxygen atoms in total. The average molecular weight is 397 g/mol.